The van der Waals surface area contributed by atoms with Crippen molar-refractivity contribution in [3.63, 3.8) is 0 Å². The van der Waals surface area contributed by atoms with Gasteiger partial charge in [-0.1, -0.05) is 24.3 Å². The monoisotopic (exact) mass is 642 g/mol. The minimum absolute atomic E-state index is 0. The van der Waals surface area contributed by atoms with Crippen LogP contribution in [0, 0.1) is 11.2 Å². The summed E-state index contributed by atoms with van der Waals surface area (Å²) >= 11 is 0. The average Bonchev–Trinajstić information content (AvgIpc) is 3.04. The second-order valence-electron chi connectivity index (χ2n) is 11.8. The summed E-state index contributed by atoms with van der Waals surface area (Å²) in [5, 5.41) is 11.5. The largest absolute Gasteiger partial charge is 0.375 e. The van der Waals surface area contributed by atoms with Crippen molar-refractivity contribution in [1.82, 2.24) is 20.0 Å². The summed E-state index contributed by atoms with van der Waals surface area (Å²) in [6.45, 7) is 8.51. The van der Waals surface area contributed by atoms with Gasteiger partial charge in [0.2, 0.25) is 11.8 Å². The molecule has 0 spiro atoms. The first kappa shape index (κ1) is 36.3. The Bertz CT molecular complexity index is 1290. The quantitative estimate of drug-likeness (QED) is 0.283. The third kappa shape index (κ3) is 11.0. The number of likely N-dealkylation sites (N-methyl/N-ethyl adjacent to an activating group) is 1. The fourth-order valence-electron chi connectivity index (χ4n) is 5.81. The molecule has 0 aromatic heterocycles. The van der Waals surface area contributed by atoms with Crippen LogP contribution in [0.2, 0.25) is 0 Å². The zero-order valence-corrected chi connectivity index (χ0v) is 27.1. The molecule has 4 N–H and O–H groups in total. The van der Waals surface area contributed by atoms with Crippen LogP contribution < -0.4 is 11.1 Å². The van der Waals surface area contributed by atoms with Gasteiger partial charge in [-0.2, -0.15) is 13.5 Å². The van der Waals surface area contributed by atoms with Gasteiger partial charge in [-0.3, -0.25) is 19.3 Å². The lowest BCUT2D eigenvalue weighted by molar-refractivity contribution is -0.135. The van der Waals surface area contributed by atoms with Gasteiger partial charge in [0.1, 0.15) is 5.82 Å². The van der Waals surface area contributed by atoms with Crippen LogP contribution in [-0.2, 0) is 16.0 Å². The van der Waals surface area contributed by atoms with Crippen molar-refractivity contribution in [3.05, 3.63) is 70.5 Å². The molecule has 2 aromatic rings. The second-order valence-corrected chi connectivity index (χ2v) is 11.8. The summed E-state index contributed by atoms with van der Waals surface area (Å²) < 4.78 is 19.5. The van der Waals surface area contributed by atoms with Gasteiger partial charge in [0, 0.05) is 62.5 Å². The van der Waals surface area contributed by atoms with E-state index in [1.807, 2.05) is 4.90 Å². The maximum atomic E-state index is 13.3. The van der Waals surface area contributed by atoms with Gasteiger partial charge in [-0.05, 0) is 69.6 Å². The molecule has 2 aromatic carbocycles. The van der Waals surface area contributed by atoms with Crippen LogP contribution in [0.25, 0.3) is 0 Å². The maximum absolute atomic E-state index is 13.3. The van der Waals surface area contributed by atoms with Gasteiger partial charge in [-0.25, -0.2) is 4.39 Å². The summed E-state index contributed by atoms with van der Waals surface area (Å²) in [4.78, 5) is 41.1. The number of nitrogens with two attached hydrogens (primary N) is 1. The van der Waals surface area contributed by atoms with E-state index >= 15 is 0 Å². The van der Waals surface area contributed by atoms with E-state index in [2.05, 4.69) is 22.2 Å². The van der Waals surface area contributed by atoms with E-state index in [9.17, 15) is 18.8 Å². The smallest absolute Gasteiger partial charge is 0.249 e. The number of benzene rings is 2. The molecule has 246 valence electrons. The van der Waals surface area contributed by atoms with Crippen LogP contribution in [0.1, 0.15) is 57.5 Å². The number of carbonyl (C=O) groups is 3. The SMILES string of the molecule is CN1CCN(C(=O)CN2CCC(OC3CCNCC3)CC2)CC1.N=C(Cc1ccc(F)c(C=O)c1)c1ccccc1C(N)=O.S. The van der Waals surface area contributed by atoms with Gasteiger partial charge in [0.25, 0.3) is 0 Å². The van der Waals surface area contributed by atoms with E-state index in [-0.39, 0.29) is 36.8 Å². The number of primary amides is 1. The van der Waals surface area contributed by atoms with Crippen LogP contribution >= 0.6 is 13.5 Å². The Balaban J connectivity index is 0.000000241. The fourth-order valence-corrected chi connectivity index (χ4v) is 5.81. The van der Waals surface area contributed by atoms with E-state index < -0.39 is 11.7 Å². The maximum Gasteiger partial charge on any atom is 0.249 e. The highest BCUT2D eigenvalue weighted by atomic mass is 32.1. The molecule has 3 heterocycles. The first-order chi connectivity index (χ1) is 21.2. The number of amides is 2. The number of piperazine rings is 1. The molecule has 0 atom stereocenters. The molecule has 3 fully saturated rings. The standard InChI is InChI=1S/C17H32N4O2.C16H13FN2O2.H2S/c1-19-10-12-21(13-11-19)17(22)14-20-8-4-16(5-9-20)23-15-2-6-18-7-3-15;17-14-6-5-10(7-11(14)9-20)8-15(18)12-3-1-2-4-13(12)16(19)21;/h15-16,18H,2-14H2,1H3;1-7,9,18H,8H2,(H2,19,21);1H2. The summed E-state index contributed by atoms with van der Waals surface area (Å²) in [6, 6.07) is 10.6. The predicted octanol–water partition coefficient (Wildman–Crippen LogP) is 2.45. The highest BCUT2D eigenvalue weighted by molar-refractivity contribution is 7.59. The van der Waals surface area contributed by atoms with Crippen LogP contribution in [0.4, 0.5) is 4.39 Å². The number of hydrogen-bond donors (Lipinski definition) is 3. The lowest BCUT2D eigenvalue weighted by Crippen LogP contribution is -2.51. The van der Waals surface area contributed by atoms with Crippen LogP contribution in [0.5, 0.6) is 0 Å². The molecule has 3 saturated heterocycles. The molecule has 0 unspecified atom stereocenters. The average molecular weight is 643 g/mol. The van der Waals surface area contributed by atoms with Crippen LogP contribution in [0.3, 0.4) is 0 Å². The summed E-state index contributed by atoms with van der Waals surface area (Å²) in [6.07, 6.45) is 5.86. The minimum Gasteiger partial charge on any atom is -0.375 e. The molecule has 3 aliphatic heterocycles. The molecule has 10 nitrogen and oxygen atoms in total. The first-order valence-electron chi connectivity index (χ1n) is 15.5. The Kier molecular flexibility index (Phi) is 14.6. The highest BCUT2D eigenvalue weighted by Gasteiger charge is 2.27. The third-order valence-electron chi connectivity index (χ3n) is 8.51. The third-order valence-corrected chi connectivity index (χ3v) is 8.51. The number of carbonyl (C=O) groups excluding carboxylic acids is 3. The van der Waals surface area contributed by atoms with E-state index in [1.165, 1.54) is 18.2 Å². The number of nitrogens with zero attached hydrogens (tertiary/aromatic N) is 3. The van der Waals surface area contributed by atoms with Gasteiger partial charge < -0.3 is 31.0 Å². The van der Waals surface area contributed by atoms with E-state index in [1.54, 1.807) is 24.3 Å². The molecule has 0 saturated carbocycles. The summed E-state index contributed by atoms with van der Waals surface area (Å²) in [5.74, 6) is -0.906. The van der Waals surface area contributed by atoms with Crippen molar-refractivity contribution >= 4 is 37.3 Å². The van der Waals surface area contributed by atoms with E-state index in [0.29, 0.717) is 42.1 Å². The Morgan fingerprint density at radius 1 is 0.978 bits per heavy atom. The Morgan fingerprint density at radius 3 is 2.22 bits per heavy atom. The van der Waals surface area contributed by atoms with Crippen LogP contribution in [0.15, 0.2) is 42.5 Å². The van der Waals surface area contributed by atoms with Gasteiger partial charge >= 0.3 is 0 Å². The zero-order valence-electron chi connectivity index (χ0n) is 26.1. The normalized spacial score (nSPS) is 18.3. The highest BCUT2D eigenvalue weighted by Crippen LogP contribution is 2.19. The number of likely N-dealkylation sites (tertiary alicyclic amines) is 1. The molecule has 0 bridgehead atoms. The summed E-state index contributed by atoms with van der Waals surface area (Å²) in [5.41, 5.74) is 6.71. The van der Waals surface area contributed by atoms with Gasteiger partial charge in [-0.15, -0.1) is 0 Å². The van der Waals surface area contributed by atoms with Crippen molar-refractivity contribution < 1.29 is 23.5 Å². The van der Waals surface area contributed by atoms with Gasteiger partial charge in [0.05, 0.1) is 24.3 Å². The Labute approximate surface area is 272 Å². The van der Waals surface area contributed by atoms with Crippen LogP contribution in [-0.4, -0.2) is 117 Å². The molecule has 12 heteroatoms. The lowest BCUT2D eigenvalue weighted by Gasteiger charge is -2.37. The number of rotatable bonds is 9. The molecule has 45 heavy (non-hydrogen) atoms. The Hall–Kier alpha value is -3.16. The van der Waals surface area contributed by atoms with Crippen molar-refractivity contribution in [2.24, 2.45) is 5.73 Å². The number of piperidine rings is 2. The van der Waals surface area contributed by atoms with E-state index in [0.717, 1.165) is 78.0 Å². The Morgan fingerprint density at radius 2 is 1.60 bits per heavy atom. The van der Waals surface area contributed by atoms with Gasteiger partial charge in [0.15, 0.2) is 6.29 Å². The summed E-state index contributed by atoms with van der Waals surface area (Å²) in [7, 11) is 2.12. The number of ether oxygens (including phenoxy) is 1. The number of aldehydes is 1. The topological polar surface area (TPSA) is 132 Å². The molecule has 2 amide bonds. The molecule has 3 aliphatic rings. The second kappa shape index (κ2) is 18.1. The number of halogens is 1. The number of nitrogens with one attached hydrogen (secondary N) is 2. The lowest BCUT2D eigenvalue weighted by atomic mass is 9.97. The minimum atomic E-state index is -0.608. The number of hydrogen-bond acceptors (Lipinski definition) is 8. The van der Waals surface area contributed by atoms with E-state index in [4.69, 9.17) is 15.9 Å². The molecular formula is C33H47FN6O4S. The molecule has 0 radical (unpaired) electrons. The van der Waals surface area contributed by atoms with Crippen molar-refractivity contribution in [2.75, 3.05) is 66.0 Å². The molecule has 5 rings (SSSR count). The predicted molar refractivity (Wildman–Crippen MR) is 178 cm³/mol. The fraction of sp³-hybridized carbons (Fsp3) is 0.515. The van der Waals surface area contributed by atoms with Crippen molar-refractivity contribution in [1.29, 1.82) is 5.41 Å². The first-order valence-corrected chi connectivity index (χ1v) is 15.5. The molecular weight excluding hydrogens is 595 g/mol. The van der Waals surface area contributed by atoms with Crippen molar-refractivity contribution in [2.45, 2.75) is 44.3 Å². The van der Waals surface area contributed by atoms with Crippen molar-refractivity contribution in [3.8, 4) is 0 Å². The molecule has 0 aliphatic carbocycles. The zero-order chi connectivity index (χ0) is 31.5.